The van der Waals surface area contributed by atoms with Crippen molar-refractivity contribution in [2.45, 2.75) is 13.0 Å². The maximum Gasteiger partial charge on any atom is 0.338 e. The van der Waals surface area contributed by atoms with Crippen molar-refractivity contribution in [1.82, 2.24) is 29.5 Å². The number of nitrogens with one attached hydrogen (secondary N) is 1. The van der Waals surface area contributed by atoms with Crippen LogP contribution in [-0.4, -0.2) is 47.2 Å². The summed E-state index contributed by atoms with van der Waals surface area (Å²) in [6.45, 7) is 0.945. The number of H-pyrrole nitrogens is 1. The van der Waals surface area contributed by atoms with Gasteiger partial charge in [0.25, 0.3) is 5.56 Å². The second-order valence-corrected chi connectivity index (χ2v) is 7.18. The Balaban J connectivity index is 1.28. The number of aromatic amines is 1. The molecule has 2 N–H and O–H groups in total. The molecule has 0 amide bonds. The number of fused-ring (bicyclic) bond motifs is 2. The topological polar surface area (TPSA) is 128 Å². The molecule has 0 spiro atoms. The molecule has 10 nitrogen and oxygen atoms in total. The van der Waals surface area contributed by atoms with E-state index in [9.17, 15) is 9.59 Å². The number of aromatic nitrogens is 6. The number of aryl methyl sites for hydroxylation is 1. The van der Waals surface area contributed by atoms with Gasteiger partial charge in [0.05, 0.1) is 24.6 Å². The molecule has 0 aliphatic carbocycles. The minimum atomic E-state index is -1.11. The normalized spacial score (nSPS) is 11.2. The zero-order valence-electron chi connectivity index (χ0n) is 16.8. The summed E-state index contributed by atoms with van der Waals surface area (Å²) in [5.74, 6) is -0.203. The molecular weight excluding hydrogens is 412 g/mol. The zero-order chi connectivity index (χ0) is 22.1. The number of nitrogens with zero attached hydrogens (tertiary/aromatic N) is 5. The summed E-state index contributed by atoms with van der Waals surface area (Å²) in [6.07, 6.45) is 4.61. The molecule has 160 valence electrons. The molecule has 0 radical (unpaired) electrons. The molecule has 0 aliphatic heterocycles. The number of carboxylic acid groups (broad SMARTS) is 1. The average Bonchev–Trinajstić information content (AvgIpc) is 3.44. The number of hydrogen-bond acceptors (Lipinski definition) is 6. The highest BCUT2D eigenvalue weighted by atomic mass is 16.5. The van der Waals surface area contributed by atoms with Crippen LogP contribution in [0.25, 0.3) is 27.8 Å². The fourth-order valence-electron chi connectivity index (χ4n) is 3.48. The Labute approximate surface area is 180 Å². The Morgan fingerprint density at radius 2 is 1.94 bits per heavy atom. The second-order valence-electron chi connectivity index (χ2n) is 7.18. The Bertz CT molecular complexity index is 1500. The number of aromatic carboxylic acids is 1. The first-order chi connectivity index (χ1) is 15.6. The SMILES string of the molecule is O=C(O)c1cnn(-c2nc3cnn(CCCOc4ccc5ccccc5c4)c3c(=O)[nH]2)c1. The zero-order valence-corrected chi connectivity index (χ0v) is 16.8. The molecule has 0 fully saturated rings. The quantitative estimate of drug-likeness (QED) is 0.380. The summed E-state index contributed by atoms with van der Waals surface area (Å²) in [6, 6.07) is 14.0. The van der Waals surface area contributed by atoms with E-state index in [2.05, 4.69) is 26.2 Å². The fraction of sp³-hybridized carbons (Fsp3) is 0.136. The molecular formula is C22H18N6O4. The Morgan fingerprint density at radius 3 is 2.75 bits per heavy atom. The van der Waals surface area contributed by atoms with Crippen molar-refractivity contribution in [1.29, 1.82) is 0 Å². The molecule has 5 aromatic rings. The lowest BCUT2D eigenvalue weighted by molar-refractivity contribution is 0.0697. The smallest absolute Gasteiger partial charge is 0.338 e. The van der Waals surface area contributed by atoms with Crippen LogP contribution in [0.2, 0.25) is 0 Å². The molecule has 0 saturated heterocycles. The second kappa shape index (κ2) is 7.99. The van der Waals surface area contributed by atoms with Crippen molar-refractivity contribution >= 4 is 27.8 Å². The minimum Gasteiger partial charge on any atom is -0.494 e. The third-order valence-electron chi connectivity index (χ3n) is 5.04. The maximum absolute atomic E-state index is 12.6. The molecule has 2 aromatic carbocycles. The number of rotatable bonds is 7. The highest BCUT2D eigenvalue weighted by Crippen LogP contribution is 2.20. The van der Waals surface area contributed by atoms with Gasteiger partial charge < -0.3 is 9.84 Å². The van der Waals surface area contributed by atoms with E-state index in [-0.39, 0.29) is 17.1 Å². The van der Waals surface area contributed by atoms with E-state index in [1.807, 2.05) is 36.4 Å². The van der Waals surface area contributed by atoms with Gasteiger partial charge in [0, 0.05) is 19.2 Å². The van der Waals surface area contributed by atoms with Crippen LogP contribution >= 0.6 is 0 Å². The van der Waals surface area contributed by atoms with E-state index in [1.54, 1.807) is 4.68 Å². The van der Waals surface area contributed by atoms with Crippen molar-refractivity contribution in [2.75, 3.05) is 6.61 Å². The molecule has 0 unspecified atom stereocenters. The average molecular weight is 430 g/mol. The van der Waals surface area contributed by atoms with Crippen LogP contribution in [0.15, 0.2) is 65.8 Å². The van der Waals surface area contributed by atoms with Crippen LogP contribution in [0.5, 0.6) is 5.75 Å². The predicted molar refractivity (Wildman–Crippen MR) is 116 cm³/mol. The van der Waals surface area contributed by atoms with Crippen LogP contribution in [0.4, 0.5) is 0 Å². The fourth-order valence-corrected chi connectivity index (χ4v) is 3.48. The third-order valence-corrected chi connectivity index (χ3v) is 5.04. The highest BCUT2D eigenvalue weighted by molar-refractivity contribution is 5.87. The largest absolute Gasteiger partial charge is 0.494 e. The van der Waals surface area contributed by atoms with Crippen molar-refractivity contribution in [3.8, 4) is 11.7 Å². The molecule has 3 aromatic heterocycles. The number of hydrogen-bond donors (Lipinski definition) is 2. The maximum atomic E-state index is 12.6. The van der Waals surface area contributed by atoms with Crippen molar-refractivity contribution in [3.63, 3.8) is 0 Å². The lowest BCUT2D eigenvalue weighted by atomic mass is 10.1. The first kappa shape index (κ1) is 19.5. The molecule has 32 heavy (non-hydrogen) atoms. The first-order valence-corrected chi connectivity index (χ1v) is 9.94. The summed E-state index contributed by atoms with van der Waals surface area (Å²) in [5.41, 5.74) is 0.344. The number of ether oxygens (including phenoxy) is 1. The number of carboxylic acids is 1. The third kappa shape index (κ3) is 3.69. The van der Waals surface area contributed by atoms with Crippen LogP contribution in [0.3, 0.4) is 0 Å². The Kier molecular flexibility index (Phi) is 4.86. The lowest BCUT2D eigenvalue weighted by Crippen LogP contribution is -2.17. The van der Waals surface area contributed by atoms with Crippen LogP contribution in [0, 0.1) is 0 Å². The Morgan fingerprint density at radius 1 is 1.09 bits per heavy atom. The van der Waals surface area contributed by atoms with Crippen molar-refractivity contribution in [2.24, 2.45) is 0 Å². The van der Waals surface area contributed by atoms with Gasteiger partial charge in [0.15, 0.2) is 5.52 Å². The van der Waals surface area contributed by atoms with E-state index in [1.165, 1.54) is 23.3 Å². The van der Waals surface area contributed by atoms with Gasteiger partial charge in [-0.3, -0.25) is 14.5 Å². The van der Waals surface area contributed by atoms with Crippen molar-refractivity contribution in [3.05, 3.63) is 77.0 Å². The summed E-state index contributed by atoms with van der Waals surface area (Å²) in [7, 11) is 0. The van der Waals surface area contributed by atoms with Gasteiger partial charge in [-0.2, -0.15) is 10.2 Å². The van der Waals surface area contributed by atoms with E-state index in [0.717, 1.165) is 16.5 Å². The Hall–Kier alpha value is -4.47. The van der Waals surface area contributed by atoms with Gasteiger partial charge in [0.2, 0.25) is 5.95 Å². The number of benzene rings is 2. The monoisotopic (exact) mass is 430 g/mol. The molecule has 0 aliphatic rings. The summed E-state index contributed by atoms with van der Waals surface area (Å²) in [5, 5.41) is 19.5. The van der Waals surface area contributed by atoms with E-state index in [0.29, 0.717) is 30.6 Å². The minimum absolute atomic E-state index is 0.00476. The summed E-state index contributed by atoms with van der Waals surface area (Å²) >= 11 is 0. The standard InChI is InChI=1S/C22H18N6O4/c29-20-19-18(25-22(26-20)28-13-16(11-23-28)21(30)31)12-24-27(19)8-3-9-32-17-7-6-14-4-1-2-5-15(14)10-17/h1-2,4-7,10-13H,3,8-9H2,(H,30,31)(H,25,26,29). The molecule has 0 atom stereocenters. The molecule has 0 saturated carbocycles. The first-order valence-electron chi connectivity index (χ1n) is 9.94. The van der Waals surface area contributed by atoms with Gasteiger partial charge in [-0.05, 0) is 22.9 Å². The lowest BCUT2D eigenvalue weighted by Gasteiger charge is -2.08. The van der Waals surface area contributed by atoms with Crippen LogP contribution in [-0.2, 0) is 6.54 Å². The van der Waals surface area contributed by atoms with E-state index >= 15 is 0 Å². The summed E-state index contributed by atoms with van der Waals surface area (Å²) in [4.78, 5) is 30.6. The van der Waals surface area contributed by atoms with Gasteiger partial charge in [0.1, 0.15) is 11.3 Å². The van der Waals surface area contributed by atoms with Crippen molar-refractivity contribution < 1.29 is 14.6 Å². The molecule has 3 heterocycles. The van der Waals surface area contributed by atoms with E-state index < -0.39 is 5.97 Å². The van der Waals surface area contributed by atoms with Gasteiger partial charge in [-0.1, -0.05) is 30.3 Å². The molecule has 10 heteroatoms. The van der Waals surface area contributed by atoms with Gasteiger partial charge in [-0.25, -0.2) is 14.5 Å². The molecule has 5 rings (SSSR count). The van der Waals surface area contributed by atoms with Crippen LogP contribution < -0.4 is 10.3 Å². The predicted octanol–water partition coefficient (Wildman–Crippen LogP) is 2.63. The van der Waals surface area contributed by atoms with Gasteiger partial charge >= 0.3 is 5.97 Å². The molecule has 0 bridgehead atoms. The van der Waals surface area contributed by atoms with Crippen LogP contribution in [0.1, 0.15) is 16.8 Å². The summed E-state index contributed by atoms with van der Waals surface area (Å²) < 4.78 is 8.64. The van der Waals surface area contributed by atoms with Gasteiger partial charge in [-0.15, -0.1) is 0 Å². The highest BCUT2D eigenvalue weighted by Gasteiger charge is 2.13. The number of carbonyl (C=O) groups is 1. The van der Waals surface area contributed by atoms with E-state index in [4.69, 9.17) is 9.84 Å².